The normalized spacial score (nSPS) is 12.4. The molecule has 12 nitrogen and oxygen atoms in total. The minimum Gasteiger partial charge on any atom is -0.478 e. The van der Waals surface area contributed by atoms with E-state index in [1.807, 2.05) is 147 Å². The first kappa shape index (κ1) is 48.4. The summed E-state index contributed by atoms with van der Waals surface area (Å²) in [6.07, 6.45) is 7.78. The minimum absolute atomic E-state index is 0.141. The summed E-state index contributed by atoms with van der Waals surface area (Å²) in [5.41, 5.74) is 10.6. The number of fused-ring (bicyclic) bond motifs is 8. The summed E-state index contributed by atoms with van der Waals surface area (Å²) < 4.78 is 17.1. The molecule has 0 saturated heterocycles. The molecule has 0 spiro atoms. The van der Waals surface area contributed by atoms with Crippen molar-refractivity contribution in [3.8, 4) is 44.5 Å². The minimum atomic E-state index is -1.04. The monoisotopic (exact) mass is 958 g/mol. The molecule has 12 heteroatoms. The Labute approximate surface area is 417 Å². The number of carboxylic acids is 1. The predicted molar refractivity (Wildman–Crippen MR) is 283 cm³/mol. The van der Waals surface area contributed by atoms with E-state index in [0.29, 0.717) is 61.6 Å². The molecule has 0 unspecified atom stereocenters. The highest BCUT2D eigenvalue weighted by Crippen LogP contribution is 2.39. The first-order valence-corrected chi connectivity index (χ1v) is 23.6. The van der Waals surface area contributed by atoms with Crippen LogP contribution < -0.4 is 0 Å². The van der Waals surface area contributed by atoms with E-state index in [-0.39, 0.29) is 5.56 Å². The molecular formula is C60H54N4O8. The third-order valence-corrected chi connectivity index (χ3v) is 11.6. The maximum atomic E-state index is 13.2. The molecule has 7 aromatic rings. The van der Waals surface area contributed by atoms with Crippen molar-refractivity contribution in [3.05, 3.63) is 166 Å². The van der Waals surface area contributed by atoms with Gasteiger partial charge in [0.05, 0.1) is 45.0 Å². The van der Waals surface area contributed by atoms with Gasteiger partial charge in [0.25, 0.3) is 0 Å². The molecule has 2 aliphatic rings. The topological polar surface area (TPSA) is 174 Å². The maximum Gasteiger partial charge on any atom is 0.338 e. The SMILES string of the molecule is CC(C)(C)OC(=O)c1ccc(-c2c3nc(c(-c4ccc(C(=O)OC(C)(C)C)cc4)c4ccc([nH]4)c(-c4ccc(C(=O)OC(C)(C)C)cc4)c4nc(c(-c5ccc(C(=O)O)cc5)c5ccc2[nH]5)C=C4)C=C3)cc1. The van der Waals surface area contributed by atoms with Gasteiger partial charge >= 0.3 is 23.9 Å². The molecule has 4 aromatic carbocycles. The Balaban J connectivity index is 1.35. The van der Waals surface area contributed by atoms with Crippen LogP contribution in [-0.4, -0.2) is 65.7 Å². The predicted octanol–water partition coefficient (Wildman–Crippen LogP) is 13.9. The quantitative estimate of drug-likeness (QED) is 0.0982. The van der Waals surface area contributed by atoms with Crippen molar-refractivity contribution in [2.75, 3.05) is 0 Å². The van der Waals surface area contributed by atoms with Gasteiger partial charge in [-0.3, -0.25) is 0 Å². The summed E-state index contributed by atoms with van der Waals surface area (Å²) >= 11 is 0. The lowest BCUT2D eigenvalue weighted by Gasteiger charge is -2.19. The first-order valence-electron chi connectivity index (χ1n) is 23.6. The van der Waals surface area contributed by atoms with Gasteiger partial charge in [0, 0.05) is 44.3 Å². The Kier molecular flexibility index (Phi) is 12.5. The summed E-state index contributed by atoms with van der Waals surface area (Å²) in [5.74, 6) is -2.36. The highest BCUT2D eigenvalue weighted by Gasteiger charge is 2.24. The third-order valence-electron chi connectivity index (χ3n) is 11.6. The van der Waals surface area contributed by atoms with Gasteiger partial charge in [-0.2, -0.15) is 0 Å². The summed E-state index contributed by atoms with van der Waals surface area (Å²) in [6.45, 7) is 16.4. The molecule has 0 fully saturated rings. The lowest BCUT2D eigenvalue weighted by Crippen LogP contribution is -2.23. The van der Waals surface area contributed by atoms with Crippen molar-refractivity contribution in [1.29, 1.82) is 0 Å². The van der Waals surface area contributed by atoms with Crippen LogP contribution >= 0.6 is 0 Å². The number of carbonyl (C=O) groups is 4. The van der Waals surface area contributed by atoms with Crippen LogP contribution in [0.15, 0.2) is 121 Å². The zero-order chi connectivity index (χ0) is 51.3. The number of rotatable bonds is 8. The first-order chi connectivity index (χ1) is 34.1. The van der Waals surface area contributed by atoms with Crippen LogP contribution in [0.25, 0.3) is 90.9 Å². The Morgan fingerprint density at radius 2 is 0.583 bits per heavy atom. The molecule has 2 aliphatic heterocycles. The number of H-pyrrole nitrogens is 2. The molecule has 0 atom stereocenters. The van der Waals surface area contributed by atoms with E-state index in [4.69, 9.17) is 24.2 Å². The number of aromatic amines is 2. The van der Waals surface area contributed by atoms with E-state index in [0.717, 1.165) is 44.5 Å². The number of nitrogens with zero attached hydrogens (tertiary/aromatic N) is 2. The van der Waals surface area contributed by atoms with Crippen molar-refractivity contribution in [3.63, 3.8) is 0 Å². The average molecular weight is 959 g/mol. The number of benzene rings is 4. The summed E-state index contributed by atoms with van der Waals surface area (Å²) in [7, 11) is 0. The number of ether oxygens (including phenoxy) is 3. The van der Waals surface area contributed by atoms with Crippen LogP contribution in [0.5, 0.6) is 0 Å². The zero-order valence-corrected chi connectivity index (χ0v) is 41.6. The summed E-state index contributed by atoms with van der Waals surface area (Å²) in [5, 5.41) is 9.83. The lowest BCUT2D eigenvalue weighted by molar-refractivity contribution is 0.00570. The highest BCUT2D eigenvalue weighted by atomic mass is 16.6. The molecule has 0 amide bonds. The standard InChI is InChI=1S/C60H54N4O8/c1-58(2,3)70-55(67)39-20-12-35(13-21-39)51-44-28-26-42(61-44)50(34-10-18-38(19-11-34)54(65)66)43-27-29-45(62-43)52(36-14-22-40(23-15-36)56(68)71-59(4,5)6)47-31-33-49(64-47)53(48-32-30-46(51)63-48)37-16-24-41(25-17-37)57(69)72-60(7,8)9/h10-33,61,64H,1-9H3,(H,65,66). The van der Waals surface area contributed by atoms with E-state index in [1.165, 1.54) is 0 Å². The van der Waals surface area contributed by atoms with Crippen LogP contribution in [0.4, 0.5) is 0 Å². The number of esters is 3. The van der Waals surface area contributed by atoms with Gasteiger partial charge in [-0.25, -0.2) is 29.1 Å². The van der Waals surface area contributed by atoms with E-state index in [1.54, 1.807) is 60.7 Å². The van der Waals surface area contributed by atoms with Gasteiger partial charge in [-0.05, 0) is 182 Å². The molecule has 5 heterocycles. The van der Waals surface area contributed by atoms with E-state index < -0.39 is 40.7 Å². The maximum absolute atomic E-state index is 13.2. The molecule has 362 valence electrons. The molecule has 8 bridgehead atoms. The smallest absolute Gasteiger partial charge is 0.338 e. The van der Waals surface area contributed by atoms with Gasteiger partial charge in [0.2, 0.25) is 0 Å². The molecule has 9 rings (SSSR count). The average Bonchev–Trinajstić information content (AvgIpc) is 4.17. The fourth-order valence-electron chi connectivity index (χ4n) is 8.53. The van der Waals surface area contributed by atoms with Crippen molar-refractivity contribution < 1.29 is 38.5 Å². The van der Waals surface area contributed by atoms with Crippen LogP contribution in [-0.2, 0) is 14.2 Å². The van der Waals surface area contributed by atoms with Crippen LogP contribution in [0.2, 0.25) is 0 Å². The van der Waals surface area contributed by atoms with Gasteiger partial charge < -0.3 is 29.3 Å². The number of nitrogens with one attached hydrogen (secondary N) is 2. The number of hydrogen-bond acceptors (Lipinski definition) is 9. The van der Waals surface area contributed by atoms with Crippen LogP contribution in [0, 0.1) is 0 Å². The Morgan fingerprint density at radius 1 is 0.361 bits per heavy atom. The Hall–Kier alpha value is -8.64. The van der Waals surface area contributed by atoms with Crippen LogP contribution in [0.1, 0.15) is 127 Å². The fraction of sp³-hybridized carbons (Fsp3) is 0.200. The number of carbonyl (C=O) groups excluding carboxylic acids is 3. The summed E-state index contributed by atoms with van der Waals surface area (Å²) in [6, 6.07) is 36.3. The van der Waals surface area contributed by atoms with Crippen molar-refractivity contribution in [1.82, 2.24) is 19.9 Å². The number of hydrogen-bond donors (Lipinski definition) is 3. The van der Waals surface area contributed by atoms with Gasteiger partial charge in [-0.1, -0.05) is 48.5 Å². The van der Waals surface area contributed by atoms with E-state index >= 15 is 0 Å². The van der Waals surface area contributed by atoms with Gasteiger partial charge in [-0.15, -0.1) is 0 Å². The summed E-state index contributed by atoms with van der Waals surface area (Å²) in [4.78, 5) is 69.6. The Bertz CT molecular complexity index is 3470. The van der Waals surface area contributed by atoms with E-state index in [2.05, 4.69) is 9.97 Å². The Morgan fingerprint density at radius 3 is 0.792 bits per heavy atom. The molecule has 72 heavy (non-hydrogen) atoms. The van der Waals surface area contributed by atoms with Crippen molar-refractivity contribution in [2.45, 2.75) is 79.1 Å². The third kappa shape index (κ3) is 10.4. The lowest BCUT2D eigenvalue weighted by atomic mass is 10.0. The molecular weight excluding hydrogens is 905 g/mol. The van der Waals surface area contributed by atoms with Gasteiger partial charge in [0.15, 0.2) is 0 Å². The fourth-order valence-corrected chi connectivity index (χ4v) is 8.53. The van der Waals surface area contributed by atoms with Crippen molar-refractivity contribution >= 4 is 70.2 Å². The number of aromatic carboxylic acids is 1. The van der Waals surface area contributed by atoms with E-state index in [9.17, 15) is 24.3 Å². The second-order valence-electron chi connectivity index (χ2n) is 20.6. The number of aromatic nitrogens is 4. The molecule has 0 aliphatic carbocycles. The van der Waals surface area contributed by atoms with Crippen molar-refractivity contribution in [2.24, 2.45) is 0 Å². The second kappa shape index (κ2) is 18.6. The number of carboxylic acid groups (broad SMARTS) is 1. The largest absolute Gasteiger partial charge is 0.478 e. The van der Waals surface area contributed by atoms with Gasteiger partial charge in [0.1, 0.15) is 16.8 Å². The molecule has 0 radical (unpaired) electrons. The second-order valence-corrected chi connectivity index (χ2v) is 20.6. The molecule has 0 saturated carbocycles. The highest BCUT2D eigenvalue weighted by molar-refractivity contribution is 6.01. The van der Waals surface area contributed by atoms with Crippen LogP contribution in [0.3, 0.4) is 0 Å². The molecule has 3 aromatic heterocycles. The molecule has 3 N–H and O–H groups in total. The zero-order valence-electron chi connectivity index (χ0n) is 41.6.